The number of hydrogen-bond acceptors (Lipinski definition) is 5. The van der Waals surface area contributed by atoms with Gasteiger partial charge >= 0.3 is 5.97 Å². The van der Waals surface area contributed by atoms with Gasteiger partial charge in [-0.1, -0.05) is 6.92 Å². The molecule has 7 nitrogen and oxygen atoms in total. The molecule has 0 aliphatic carbocycles. The van der Waals surface area contributed by atoms with Gasteiger partial charge in [0, 0.05) is 7.05 Å². The summed E-state index contributed by atoms with van der Waals surface area (Å²) < 4.78 is 4.93. The number of nitro groups is 1. The van der Waals surface area contributed by atoms with Gasteiger partial charge in [0.05, 0.1) is 18.1 Å². The number of carboxylic acids is 1. The van der Waals surface area contributed by atoms with Gasteiger partial charge in [-0.05, 0) is 18.6 Å². The van der Waals surface area contributed by atoms with E-state index >= 15 is 0 Å². The molecule has 0 fully saturated rings. The number of anilines is 1. The van der Waals surface area contributed by atoms with Crippen LogP contribution in [0.25, 0.3) is 0 Å². The Morgan fingerprint density at radius 1 is 1.58 bits per heavy atom. The van der Waals surface area contributed by atoms with Crippen LogP contribution in [0.2, 0.25) is 0 Å². The van der Waals surface area contributed by atoms with Crippen LogP contribution in [-0.4, -0.2) is 36.2 Å². The van der Waals surface area contributed by atoms with Crippen LogP contribution in [0.4, 0.5) is 11.4 Å². The summed E-state index contributed by atoms with van der Waals surface area (Å²) in [7, 11) is 2.94. The van der Waals surface area contributed by atoms with Gasteiger partial charge in [-0.25, -0.2) is 4.79 Å². The normalized spacial score (nSPS) is 11.7. The van der Waals surface area contributed by atoms with Crippen molar-refractivity contribution in [2.45, 2.75) is 19.4 Å². The fourth-order valence-electron chi connectivity index (χ4n) is 1.86. The first-order valence-electron chi connectivity index (χ1n) is 5.70. The smallest absolute Gasteiger partial charge is 0.326 e. The zero-order chi connectivity index (χ0) is 14.6. The SMILES string of the molecule is CCC(C(=O)O)N(C)c1ccc(OC)cc1[N+](=O)[O-]. The zero-order valence-corrected chi connectivity index (χ0v) is 11.0. The summed E-state index contributed by atoms with van der Waals surface area (Å²) in [4.78, 5) is 23.0. The minimum atomic E-state index is -1.02. The van der Waals surface area contributed by atoms with Crippen LogP contribution in [0.15, 0.2) is 18.2 Å². The number of likely N-dealkylation sites (N-methyl/N-ethyl adjacent to an activating group) is 1. The van der Waals surface area contributed by atoms with E-state index in [2.05, 4.69) is 0 Å². The molecule has 104 valence electrons. The summed E-state index contributed by atoms with van der Waals surface area (Å²) in [6.07, 6.45) is 0.342. The second-order valence-corrected chi connectivity index (χ2v) is 3.98. The van der Waals surface area contributed by atoms with E-state index in [9.17, 15) is 14.9 Å². The van der Waals surface area contributed by atoms with Gasteiger partial charge in [-0.3, -0.25) is 10.1 Å². The molecule has 1 aromatic rings. The molecule has 1 aromatic carbocycles. The summed E-state index contributed by atoms with van der Waals surface area (Å²) in [5, 5.41) is 20.2. The van der Waals surface area contributed by atoms with Crippen molar-refractivity contribution >= 4 is 17.3 Å². The van der Waals surface area contributed by atoms with Gasteiger partial charge < -0.3 is 14.7 Å². The second-order valence-electron chi connectivity index (χ2n) is 3.98. The molecule has 0 amide bonds. The quantitative estimate of drug-likeness (QED) is 0.625. The van der Waals surface area contributed by atoms with Crippen LogP contribution in [-0.2, 0) is 4.79 Å². The first-order chi connectivity index (χ1) is 8.92. The molecule has 19 heavy (non-hydrogen) atoms. The predicted molar refractivity (Wildman–Crippen MR) is 69.8 cm³/mol. The third-order valence-corrected chi connectivity index (χ3v) is 2.90. The Morgan fingerprint density at radius 2 is 2.21 bits per heavy atom. The third-order valence-electron chi connectivity index (χ3n) is 2.90. The van der Waals surface area contributed by atoms with Gasteiger partial charge in [0.1, 0.15) is 17.5 Å². The van der Waals surface area contributed by atoms with Crippen LogP contribution in [0.1, 0.15) is 13.3 Å². The molecule has 0 aromatic heterocycles. The highest BCUT2D eigenvalue weighted by Gasteiger charge is 2.26. The Bertz CT molecular complexity index is 489. The third kappa shape index (κ3) is 3.12. The molecular formula is C12H16N2O5. The Kier molecular flexibility index (Phi) is 4.68. The van der Waals surface area contributed by atoms with Crippen molar-refractivity contribution in [1.29, 1.82) is 0 Å². The van der Waals surface area contributed by atoms with Gasteiger partial charge in [0.2, 0.25) is 0 Å². The van der Waals surface area contributed by atoms with Crippen molar-refractivity contribution < 1.29 is 19.6 Å². The maximum Gasteiger partial charge on any atom is 0.326 e. The molecule has 0 heterocycles. The zero-order valence-electron chi connectivity index (χ0n) is 11.0. The summed E-state index contributed by atoms with van der Waals surface area (Å²) >= 11 is 0. The number of carbonyl (C=O) groups is 1. The minimum absolute atomic E-state index is 0.179. The van der Waals surface area contributed by atoms with Crippen LogP contribution in [0, 0.1) is 10.1 Å². The van der Waals surface area contributed by atoms with E-state index in [0.717, 1.165) is 0 Å². The minimum Gasteiger partial charge on any atom is -0.496 e. The van der Waals surface area contributed by atoms with Crippen LogP contribution in [0.3, 0.4) is 0 Å². The Morgan fingerprint density at radius 3 is 2.63 bits per heavy atom. The monoisotopic (exact) mass is 268 g/mol. The lowest BCUT2D eigenvalue weighted by Gasteiger charge is -2.25. The molecule has 0 saturated carbocycles. The lowest BCUT2D eigenvalue weighted by atomic mass is 10.1. The standard InChI is InChI=1S/C12H16N2O5/c1-4-9(12(15)16)13(2)10-6-5-8(19-3)7-11(10)14(17)18/h5-7,9H,4H2,1-3H3,(H,15,16). The van der Waals surface area contributed by atoms with E-state index < -0.39 is 16.9 Å². The number of nitrogens with zero attached hydrogens (tertiary/aromatic N) is 2. The Labute approximate surface area is 110 Å². The van der Waals surface area contributed by atoms with Crippen LogP contribution < -0.4 is 9.64 Å². The summed E-state index contributed by atoms with van der Waals surface area (Å²) in [6.45, 7) is 1.71. The summed E-state index contributed by atoms with van der Waals surface area (Å²) in [5.41, 5.74) is 0.0709. The molecular weight excluding hydrogens is 252 g/mol. The number of nitro benzene ring substituents is 1. The van der Waals surface area contributed by atoms with Crippen molar-refractivity contribution in [3.05, 3.63) is 28.3 Å². The van der Waals surface area contributed by atoms with E-state index in [4.69, 9.17) is 9.84 Å². The van der Waals surface area contributed by atoms with Gasteiger partial charge in [0.25, 0.3) is 5.69 Å². The largest absolute Gasteiger partial charge is 0.496 e. The van der Waals surface area contributed by atoms with E-state index in [0.29, 0.717) is 12.2 Å². The lowest BCUT2D eigenvalue weighted by Crippen LogP contribution is -2.38. The first-order valence-corrected chi connectivity index (χ1v) is 5.70. The Hall–Kier alpha value is -2.31. The number of benzene rings is 1. The maximum absolute atomic E-state index is 11.1. The van der Waals surface area contributed by atoms with Crippen LogP contribution >= 0.6 is 0 Å². The summed E-state index contributed by atoms with van der Waals surface area (Å²) in [5.74, 6) is -0.665. The first kappa shape index (κ1) is 14.7. The highest BCUT2D eigenvalue weighted by atomic mass is 16.6. The molecule has 0 spiro atoms. The molecule has 1 atom stereocenters. The molecule has 1 unspecified atom stereocenters. The molecule has 0 aliphatic heterocycles. The van der Waals surface area contributed by atoms with Gasteiger partial charge in [0.15, 0.2) is 0 Å². The van der Waals surface area contributed by atoms with Gasteiger partial charge in [-0.2, -0.15) is 0 Å². The maximum atomic E-state index is 11.1. The number of aliphatic carboxylic acids is 1. The lowest BCUT2D eigenvalue weighted by molar-refractivity contribution is -0.384. The van der Waals surface area contributed by atoms with Crippen LogP contribution in [0.5, 0.6) is 5.75 Å². The van der Waals surface area contributed by atoms with Gasteiger partial charge in [-0.15, -0.1) is 0 Å². The number of hydrogen-bond donors (Lipinski definition) is 1. The molecule has 0 saturated heterocycles. The molecule has 7 heteroatoms. The molecule has 0 bridgehead atoms. The van der Waals surface area contributed by atoms with E-state index in [1.54, 1.807) is 13.0 Å². The van der Waals surface area contributed by atoms with Crippen molar-refractivity contribution in [3.8, 4) is 5.75 Å². The number of methoxy groups -OCH3 is 1. The topological polar surface area (TPSA) is 92.9 Å². The predicted octanol–water partition coefficient (Wildman–Crippen LogP) is 1.90. The fraction of sp³-hybridized carbons (Fsp3) is 0.417. The number of carboxylic acid groups (broad SMARTS) is 1. The molecule has 1 rings (SSSR count). The van der Waals surface area contributed by atoms with Crippen molar-refractivity contribution in [2.75, 3.05) is 19.1 Å². The van der Waals surface area contributed by atoms with E-state index in [1.165, 1.54) is 31.2 Å². The molecule has 1 N–H and O–H groups in total. The fourth-order valence-corrected chi connectivity index (χ4v) is 1.86. The highest BCUT2D eigenvalue weighted by Crippen LogP contribution is 2.32. The number of rotatable bonds is 6. The van der Waals surface area contributed by atoms with E-state index in [-0.39, 0.29) is 11.4 Å². The second kappa shape index (κ2) is 6.03. The van der Waals surface area contributed by atoms with Crippen molar-refractivity contribution in [3.63, 3.8) is 0 Å². The highest BCUT2D eigenvalue weighted by molar-refractivity contribution is 5.80. The number of ether oxygens (including phenoxy) is 1. The average Bonchev–Trinajstić information content (AvgIpc) is 2.38. The van der Waals surface area contributed by atoms with E-state index in [1.807, 2.05) is 0 Å². The van der Waals surface area contributed by atoms with Crippen molar-refractivity contribution in [2.24, 2.45) is 0 Å². The molecule has 0 radical (unpaired) electrons. The van der Waals surface area contributed by atoms with Crippen molar-refractivity contribution in [1.82, 2.24) is 0 Å². The molecule has 0 aliphatic rings. The Balaban J connectivity index is 3.25. The summed E-state index contributed by atoms with van der Waals surface area (Å²) in [6, 6.07) is 3.52. The average molecular weight is 268 g/mol.